The molecule has 18 heavy (non-hydrogen) atoms. The van der Waals surface area contributed by atoms with E-state index in [0.29, 0.717) is 5.75 Å². The summed E-state index contributed by atoms with van der Waals surface area (Å²) in [4.78, 5) is 4.03. The summed E-state index contributed by atoms with van der Waals surface area (Å²) in [5, 5.41) is 9.18. The number of rotatable bonds is 7. The molecule has 3 nitrogen and oxygen atoms in total. The van der Waals surface area contributed by atoms with E-state index >= 15 is 0 Å². The van der Waals surface area contributed by atoms with Gasteiger partial charge >= 0.3 is 0 Å². The van der Waals surface area contributed by atoms with Crippen LogP contribution >= 0.6 is 0 Å². The Kier molecular flexibility index (Phi) is 4.82. The van der Waals surface area contributed by atoms with Gasteiger partial charge in [-0.15, -0.1) is 0 Å². The van der Waals surface area contributed by atoms with E-state index in [-0.39, 0.29) is 0 Å². The molecule has 1 aromatic carbocycles. The van der Waals surface area contributed by atoms with E-state index in [1.54, 1.807) is 12.1 Å². The van der Waals surface area contributed by atoms with Crippen LogP contribution in [0.3, 0.4) is 0 Å². The highest BCUT2D eigenvalue weighted by atomic mass is 16.3. The van der Waals surface area contributed by atoms with Crippen LogP contribution in [0.15, 0.2) is 43.0 Å². The van der Waals surface area contributed by atoms with Crippen molar-refractivity contribution in [1.29, 1.82) is 0 Å². The Labute approximate surface area is 108 Å². The van der Waals surface area contributed by atoms with Crippen LogP contribution in [0.5, 0.6) is 5.75 Å². The summed E-state index contributed by atoms with van der Waals surface area (Å²) in [7, 11) is 0. The monoisotopic (exact) mass is 244 g/mol. The Balaban J connectivity index is 1.55. The average Bonchev–Trinajstić information content (AvgIpc) is 2.89. The maximum Gasteiger partial charge on any atom is 0.115 e. The Morgan fingerprint density at radius 1 is 1.00 bits per heavy atom. The quantitative estimate of drug-likeness (QED) is 0.758. The van der Waals surface area contributed by atoms with Crippen molar-refractivity contribution >= 4 is 0 Å². The number of nitrogens with zero attached hydrogens (tertiary/aromatic N) is 2. The minimum Gasteiger partial charge on any atom is -0.508 e. The van der Waals surface area contributed by atoms with Crippen molar-refractivity contribution in [3.8, 4) is 5.75 Å². The van der Waals surface area contributed by atoms with Crippen LogP contribution in [-0.2, 0) is 13.0 Å². The van der Waals surface area contributed by atoms with Gasteiger partial charge in [-0.05, 0) is 37.0 Å². The van der Waals surface area contributed by atoms with Gasteiger partial charge in [0.25, 0.3) is 0 Å². The number of hydrogen-bond acceptors (Lipinski definition) is 2. The largest absolute Gasteiger partial charge is 0.508 e. The molecule has 0 saturated carbocycles. The number of aryl methyl sites for hydroxylation is 2. The smallest absolute Gasteiger partial charge is 0.115 e. The van der Waals surface area contributed by atoms with E-state index in [0.717, 1.165) is 13.0 Å². The molecule has 0 aliphatic carbocycles. The molecule has 0 spiro atoms. The van der Waals surface area contributed by atoms with Crippen LogP contribution in [0.1, 0.15) is 31.2 Å². The minimum absolute atomic E-state index is 0.346. The molecule has 2 rings (SSSR count). The van der Waals surface area contributed by atoms with Crippen molar-refractivity contribution in [2.45, 2.75) is 38.6 Å². The number of aromatic nitrogens is 2. The molecule has 3 heteroatoms. The van der Waals surface area contributed by atoms with E-state index in [9.17, 15) is 5.11 Å². The molecule has 0 amide bonds. The third-order valence-electron chi connectivity index (χ3n) is 3.13. The number of aromatic hydroxyl groups is 1. The molecule has 2 aromatic rings. The molecule has 0 saturated heterocycles. The summed E-state index contributed by atoms with van der Waals surface area (Å²) in [5.74, 6) is 0.346. The first-order chi connectivity index (χ1) is 8.84. The molecule has 0 unspecified atom stereocenters. The molecule has 96 valence electrons. The van der Waals surface area contributed by atoms with Crippen molar-refractivity contribution < 1.29 is 5.11 Å². The lowest BCUT2D eigenvalue weighted by Crippen LogP contribution is -1.94. The van der Waals surface area contributed by atoms with E-state index < -0.39 is 0 Å². The molecule has 0 fully saturated rings. The lowest BCUT2D eigenvalue weighted by atomic mass is 10.1. The molecule has 0 radical (unpaired) electrons. The van der Waals surface area contributed by atoms with Gasteiger partial charge in [-0.25, -0.2) is 4.98 Å². The van der Waals surface area contributed by atoms with Crippen molar-refractivity contribution in [2.24, 2.45) is 0 Å². The molecule has 0 atom stereocenters. The van der Waals surface area contributed by atoms with Gasteiger partial charge in [-0.2, -0.15) is 0 Å². The molecule has 1 aromatic heterocycles. The van der Waals surface area contributed by atoms with Gasteiger partial charge in [0.2, 0.25) is 0 Å². The van der Waals surface area contributed by atoms with E-state index in [2.05, 4.69) is 9.55 Å². The van der Waals surface area contributed by atoms with Gasteiger partial charge in [0.05, 0.1) is 6.33 Å². The number of unbranched alkanes of at least 4 members (excludes halogenated alkanes) is 3. The molecule has 1 N–H and O–H groups in total. The summed E-state index contributed by atoms with van der Waals surface area (Å²) < 4.78 is 2.12. The average molecular weight is 244 g/mol. The standard InChI is InChI=1S/C15H20N2O/c18-15-8-6-14(7-9-15)5-3-1-2-4-11-17-12-10-16-13-17/h6-10,12-13,18H,1-5,11H2. The zero-order valence-corrected chi connectivity index (χ0v) is 10.6. The number of imidazole rings is 1. The molecule has 0 bridgehead atoms. The fraction of sp³-hybridized carbons (Fsp3) is 0.400. The molecule has 1 heterocycles. The second kappa shape index (κ2) is 6.84. The van der Waals surface area contributed by atoms with Crippen molar-refractivity contribution in [3.05, 3.63) is 48.5 Å². The highest BCUT2D eigenvalue weighted by molar-refractivity contribution is 5.25. The van der Waals surface area contributed by atoms with Crippen LogP contribution in [0.2, 0.25) is 0 Å². The first kappa shape index (κ1) is 12.7. The summed E-state index contributed by atoms with van der Waals surface area (Å²) in [5.41, 5.74) is 1.31. The van der Waals surface area contributed by atoms with E-state index in [1.165, 1.54) is 31.2 Å². The van der Waals surface area contributed by atoms with Gasteiger partial charge in [0, 0.05) is 18.9 Å². The Morgan fingerprint density at radius 3 is 2.50 bits per heavy atom. The van der Waals surface area contributed by atoms with E-state index in [1.807, 2.05) is 30.9 Å². The number of phenolic OH excluding ortho intramolecular Hbond substituents is 1. The summed E-state index contributed by atoms with van der Waals surface area (Å²) in [6.45, 7) is 1.07. The maximum absolute atomic E-state index is 9.18. The highest BCUT2D eigenvalue weighted by Crippen LogP contribution is 2.13. The molecule has 0 aliphatic rings. The highest BCUT2D eigenvalue weighted by Gasteiger charge is 1.95. The first-order valence-electron chi connectivity index (χ1n) is 6.58. The normalized spacial score (nSPS) is 10.7. The van der Waals surface area contributed by atoms with Crippen LogP contribution in [-0.4, -0.2) is 14.7 Å². The third kappa shape index (κ3) is 4.24. The maximum atomic E-state index is 9.18. The van der Waals surface area contributed by atoms with Gasteiger partial charge in [0.1, 0.15) is 5.75 Å². The summed E-state index contributed by atoms with van der Waals surface area (Å²) in [6, 6.07) is 7.52. The summed E-state index contributed by atoms with van der Waals surface area (Å²) in [6.07, 6.45) is 11.8. The predicted molar refractivity (Wildman–Crippen MR) is 72.5 cm³/mol. The van der Waals surface area contributed by atoms with Gasteiger partial charge in [-0.3, -0.25) is 0 Å². The van der Waals surface area contributed by atoms with Gasteiger partial charge in [-0.1, -0.05) is 25.0 Å². The first-order valence-corrected chi connectivity index (χ1v) is 6.58. The van der Waals surface area contributed by atoms with Crippen LogP contribution in [0.4, 0.5) is 0 Å². The zero-order valence-electron chi connectivity index (χ0n) is 10.6. The van der Waals surface area contributed by atoms with E-state index in [4.69, 9.17) is 0 Å². The number of phenols is 1. The molecule has 0 aliphatic heterocycles. The van der Waals surface area contributed by atoms with Crippen LogP contribution < -0.4 is 0 Å². The third-order valence-corrected chi connectivity index (χ3v) is 3.13. The predicted octanol–water partition coefficient (Wildman–Crippen LogP) is 3.39. The zero-order chi connectivity index (χ0) is 12.6. The Morgan fingerprint density at radius 2 is 1.78 bits per heavy atom. The van der Waals surface area contributed by atoms with Gasteiger partial charge in [0.15, 0.2) is 0 Å². The second-order valence-corrected chi connectivity index (χ2v) is 4.63. The van der Waals surface area contributed by atoms with Crippen molar-refractivity contribution in [3.63, 3.8) is 0 Å². The fourth-order valence-corrected chi connectivity index (χ4v) is 2.06. The minimum atomic E-state index is 0.346. The topological polar surface area (TPSA) is 38.0 Å². The lowest BCUT2D eigenvalue weighted by molar-refractivity contribution is 0.475. The summed E-state index contributed by atoms with van der Waals surface area (Å²) >= 11 is 0. The Bertz CT molecular complexity index is 434. The molecular formula is C15H20N2O. The second-order valence-electron chi connectivity index (χ2n) is 4.63. The fourth-order valence-electron chi connectivity index (χ4n) is 2.06. The molecular weight excluding hydrogens is 224 g/mol. The number of hydrogen-bond donors (Lipinski definition) is 1. The Hall–Kier alpha value is -1.77. The van der Waals surface area contributed by atoms with Crippen LogP contribution in [0, 0.1) is 0 Å². The van der Waals surface area contributed by atoms with Crippen molar-refractivity contribution in [2.75, 3.05) is 0 Å². The van der Waals surface area contributed by atoms with Crippen molar-refractivity contribution in [1.82, 2.24) is 9.55 Å². The SMILES string of the molecule is Oc1ccc(CCCCCCn2ccnc2)cc1. The van der Waals surface area contributed by atoms with Gasteiger partial charge < -0.3 is 9.67 Å². The number of benzene rings is 1. The lowest BCUT2D eigenvalue weighted by Gasteiger charge is -2.03. The van der Waals surface area contributed by atoms with Crippen LogP contribution in [0.25, 0.3) is 0 Å².